The van der Waals surface area contributed by atoms with E-state index in [2.05, 4.69) is 25.5 Å². The smallest absolute Gasteiger partial charge is 0.231 e. The Morgan fingerprint density at radius 1 is 1.18 bits per heavy atom. The molecular weight excluding hydrogens is 434 g/mol. The van der Waals surface area contributed by atoms with Gasteiger partial charge < -0.3 is 25.4 Å². The molecule has 0 bridgehead atoms. The van der Waals surface area contributed by atoms with Crippen LogP contribution >= 0.6 is 0 Å². The van der Waals surface area contributed by atoms with E-state index < -0.39 is 0 Å². The summed E-state index contributed by atoms with van der Waals surface area (Å²) in [5.74, 6) is 1.95. The van der Waals surface area contributed by atoms with E-state index in [1.54, 1.807) is 20.4 Å². The van der Waals surface area contributed by atoms with Crippen molar-refractivity contribution in [1.82, 2.24) is 20.2 Å². The van der Waals surface area contributed by atoms with Crippen molar-refractivity contribution in [3.8, 4) is 11.5 Å². The second kappa shape index (κ2) is 8.89. The van der Waals surface area contributed by atoms with Gasteiger partial charge in [-0.15, -0.1) is 0 Å². The molecule has 0 aliphatic carbocycles. The summed E-state index contributed by atoms with van der Waals surface area (Å²) in [5, 5.41) is 11.1. The first kappa shape index (κ1) is 21.5. The highest BCUT2D eigenvalue weighted by molar-refractivity contribution is 5.96. The molecule has 1 unspecified atom stereocenters. The van der Waals surface area contributed by atoms with Crippen LogP contribution in [0.15, 0.2) is 48.7 Å². The van der Waals surface area contributed by atoms with Crippen molar-refractivity contribution < 1.29 is 14.3 Å². The van der Waals surface area contributed by atoms with Gasteiger partial charge in [-0.25, -0.2) is 0 Å². The van der Waals surface area contributed by atoms with Gasteiger partial charge in [-0.3, -0.25) is 9.89 Å². The number of fused-ring (bicyclic) bond motifs is 2. The topological polar surface area (TPSA) is 131 Å². The molecule has 10 heteroatoms. The number of hydrogen-bond donors (Lipinski definition) is 3. The first-order valence-corrected chi connectivity index (χ1v) is 10.9. The molecule has 1 aliphatic heterocycles. The van der Waals surface area contributed by atoms with Gasteiger partial charge in [0.1, 0.15) is 5.82 Å². The molecule has 0 saturated carbocycles. The molecule has 4 aromatic rings. The van der Waals surface area contributed by atoms with Crippen LogP contribution < -0.4 is 25.4 Å². The van der Waals surface area contributed by atoms with Crippen molar-refractivity contribution in [2.75, 3.05) is 36.7 Å². The predicted octanol–water partition coefficient (Wildman–Crippen LogP) is 2.56. The Bertz CT molecular complexity index is 1350. The number of para-hydroxylation sites is 1. The van der Waals surface area contributed by atoms with Crippen LogP contribution in [0.25, 0.3) is 11.0 Å². The Balaban J connectivity index is 1.41. The molecule has 10 nitrogen and oxygen atoms in total. The molecule has 1 atom stereocenters. The third kappa shape index (κ3) is 4.05. The normalized spacial score (nSPS) is 15.1. The highest BCUT2D eigenvalue weighted by Gasteiger charge is 2.29. The number of benzene rings is 2. The predicted molar refractivity (Wildman–Crippen MR) is 129 cm³/mol. The Morgan fingerprint density at radius 3 is 2.82 bits per heavy atom. The second-order valence-electron chi connectivity index (χ2n) is 8.11. The number of nitrogens with two attached hydrogens (primary N) is 1. The minimum atomic E-state index is -0.0725. The summed E-state index contributed by atoms with van der Waals surface area (Å²) in [4.78, 5) is 23.8. The molecule has 0 spiro atoms. The van der Waals surface area contributed by atoms with Gasteiger partial charge in [0.05, 0.1) is 32.2 Å². The monoisotopic (exact) mass is 459 g/mol. The summed E-state index contributed by atoms with van der Waals surface area (Å²) in [6.45, 7) is 0.479. The van der Waals surface area contributed by atoms with Crippen LogP contribution in [0.5, 0.6) is 11.5 Å². The van der Waals surface area contributed by atoms with Crippen LogP contribution in [0.2, 0.25) is 0 Å². The molecule has 1 amide bonds. The number of anilines is 3. The first-order chi connectivity index (χ1) is 16.6. The zero-order valence-corrected chi connectivity index (χ0v) is 18.9. The number of nitrogens with one attached hydrogen (secondary N) is 2. The zero-order valence-electron chi connectivity index (χ0n) is 18.9. The summed E-state index contributed by atoms with van der Waals surface area (Å²) in [7, 11) is 3.17. The number of nitrogen functional groups attached to an aromatic ring is 1. The number of hydrogen-bond acceptors (Lipinski definition) is 8. The van der Waals surface area contributed by atoms with Gasteiger partial charge >= 0.3 is 0 Å². The van der Waals surface area contributed by atoms with Gasteiger partial charge in [-0.2, -0.15) is 15.1 Å². The molecule has 174 valence electrons. The van der Waals surface area contributed by atoms with Gasteiger partial charge in [-0.05, 0) is 35.7 Å². The van der Waals surface area contributed by atoms with Crippen LogP contribution in [-0.2, 0) is 17.6 Å². The minimum Gasteiger partial charge on any atom is -0.493 e. The fraction of sp³-hybridized carbons (Fsp3) is 0.250. The van der Waals surface area contributed by atoms with Crippen molar-refractivity contribution in [2.24, 2.45) is 0 Å². The van der Waals surface area contributed by atoms with E-state index in [-0.39, 0.29) is 24.3 Å². The highest BCUT2D eigenvalue weighted by atomic mass is 16.5. The fourth-order valence-electron chi connectivity index (χ4n) is 4.34. The lowest BCUT2D eigenvalue weighted by atomic mass is 9.97. The van der Waals surface area contributed by atoms with E-state index in [4.69, 9.17) is 15.2 Å². The number of H-pyrrole nitrogens is 1. The van der Waals surface area contributed by atoms with Crippen LogP contribution in [0, 0.1) is 0 Å². The number of rotatable bonds is 6. The van der Waals surface area contributed by atoms with Crippen LogP contribution in [0.4, 0.5) is 17.5 Å². The minimum absolute atomic E-state index is 0.0122. The summed E-state index contributed by atoms with van der Waals surface area (Å²) >= 11 is 0. The first-order valence-electron chi connectivity index (χ1n) is 10.9. The molecule has 0 radical (unpaired) electrons. The number of aromatic amines is 1. The number of nitrogens with zero attached hydrogens (tertiary/aromatic N) is 4. The molecule has 2 aromatic heterocycles. The summed E-state index contributed by atoms with van der Waals surface area (Å²) in [6.07, 6.45) is 2.63. The SMILES string of the molecule is COc1ccc(CC(=O)N2CC(Nc3nc(N)nc4[nH]ncc34)Cc3ccccc32)cc1OC. The average molecular weight is 460 g/mol. The van der Waals surface area contributed by atoms with Crippen LogP contribution in [0.1, 0.15) is 11.1 Å². The van der Waals surface area contributed by atoms with Gasteiger partial charge in [0.2, 0.25) is 11.9 Å². The van der Waals surface area contributed by atoms with Crippen molar-refractivity contribution in [3.63, 3.8) is 0 Å². The van der Waals surface area contributed by atoms with Crippen LogP contribution in [0.3, 0.4) is 0 Å². The number of carbonyl (C=O) groups excluding carboxylic acids is 1. The third-order valence-electron chi connectivity index (χ3n) is 5.92. The lowest BCUT2D eigenvalue weighted by Gasteiger charge is -2.35. The second-order valence-corrected chi connectivity index (χ2v) is 8.11. The Morgan fingerprint density at radius 2 is 2.00 bits per heavy atom. The van der Waals surface area contributed by atoms with Crippen LogP contribution in [-0.4, -0.2) is 52.9 Å². The Hall–Kier alpha value is -4.34. The van der Waals surface area contributed by atoms with Gasteiger partial charge in [0.25, 0.3) is 0 Å². The largest absolute Gasteiger partial charge is 0.493 e. The van der Waals surface area contributed by atoms with E-state index in [1.807, 2.05) is 47.4 Å². The zero-order chi connectivity index (χ0) is 23.7. The maximum Gasteiger partial charge on any atom is 0.231 e. The fourth-order valence-corrected chi connectivity index (χ4v) is 4.34. The summed E-state index contributed by atoms with van der Waals surface area (Å²) in [5.41, 5.74) is 9.29. The summed E-state index contributed by atoms with van der Waals surface area (Å²) in [6, 6.07) is 13.4. The van der Waals surface area contributed by atoms with Gasteiger partial charge in [0, 0.05) is 18.3 Å². The van der Waals surface area contributed by atoms with Crippen molar-refractivity contribution in [3.05, 3.63) is 59.8 Å². The molecule has 34 heavy (non-hydrogen) atoms. The lowest BCUT2D eigenvalue weighted by Crippen LogP contribution is -2.46. The number of amides is 1. The number of methoxy groups -OCH3 is 2. The Labute approximate surface area is 196 Å². The van der Waals surface area contributed by atoms with Gasteiger partial charge in [-0.1, -0.05) is 24.3 Å². The third-order valence-corrected chi connectivity index (χ3v) is 5.92. The van der Waals surface area contributed by atoms with E-state index in [0.29, 0.717) is 29.5 Å². The molecule has 1 aliphatic rings. The van der Waals surface area contributed by atoms with E-state index in [1.165, 1.54) is 0 Å². The maximum atomic E-state index is 13.5. The average Bonchev–Trinajstić information content (AvgIpc) is 3.32. The van der Waals surface area contributed by atoms with Crippen molar-refractivity contribution in [1.29, 1.82) is 0 Å². The highest BCUT2D eigenvalue weighted by Crippen LogP contribution is 2.31. The molecule has 0 saturated heterocycles. The molecular formula is C24H25N7O3. The van der Waals surface area contributed by atoms with E-state index >= 15 is 0 Å². The molecule has 4 N–H and O–H groups in total. The quantitative estimate of drug-likeness (QED) is 0.401. The Kier molecular flexibility index (Phi) is 5.62. The molecule has 0 fully saturated rings. The maximum absolute atomic E-state index is 13.5. The molecule has 2 aromatic carbocycles. The number of aromatic nitrogens is 4. The van der Waals surface area contributed by atoms with Crippen molar-refractivity contribution in [2.45, 2.75) is 18.9 Å². The van der Waals surface area contributed by atoms with E-state index in [0.717, 1.165) is 28.6 Å². The number of ether oxygens (including phenoxy) is 2. The van der Waals surface area contributed by atoms with Gasteiger partial charge in [0.15, 0.2) is 17.1 Å². The standard InChI is InChI=1S/C24H25N7O3/c1-33-19-8-7-14(9-20(19)34-2)10-21(32)31-13-16(11-15-5-3-4-6-18(15)31)27-22-17-12-26-30-23(17)29-24(25)28-22/h3-9,12,16H,10-11,13H2,1-2H3,(H4,25,26,27,28,29,30). The van der Waals surface area contributed by atoms with Crippen molar-refractivity contribution >= 4 is 34.4 Å². The summed E-state index contributed by atoms with van der Waals surface area (Å²) < 4.78 is 10.7. The van der Waals surface area contributed by atoms with E-state index in [9.17, 15) is 4.79 Å². The number of carbonyl (C=O) groups is 1. The lowest BCUT2D eigenvalue weighted by molar-refractivity contribution is -0.118. The molecule has 5 rings (SSSR count). The molecule has 3 heterocycles.